The highest BCUT2D eigenvalue weighted by molar-refractivity contribution is 6.00. The first-order valence-electron chi connectivity index (χ1n) is 8.54. The van der Waals surface area contributed by atoms with Crippen LogP contribution in [0.3, 0.4) is 0 Å². The van der Waals surface area contributed by atoms with Crippen molar-refractivity contribution < 1.29 is 18.3 Å². The molecule has 8 heteroatoms. The molecule has 1 fully saturated rings. The molecule has 1 amide bonds. The summed E-state index contributed by atoms with van der Waals surface area (Å²) < 4.78 is 28.8. The molecule has 0 aliphatic carbocycles. The molecule has 3 rings (SSSR count). The smallest absolute Gasteiger partial charge is 0.387 e. The van der Waals surface area contributed by atoms with Crippen molar-refractivity contribution in [3.63, 3.8) is 0 Å². The van der Waals surface area contributed by atoms with E-state index in [4.69, 9.17) is 0 Å². The van der Waals surface area contributed by atoms with Crippen LogP contribution in [0.1, 0.15) is 23.2 Å². The largest absolute Gasteiger partial charge is 0.435 e. The molecule has 1 heterocycles. The first-order chi connectivity index (χ1) is 12.6. The predicted octanol–water partition coefficient (Wildman–Crippen LogP) is 3.94. The number of carbonyl (C=O) groups is 1. The molecule has 0 aromatic heterocycles. The number of carbonyl (C=O) groups excluding carboxylic acids is 1. The van der Waals surface area contributed by atoms with Crippen LogP contribution in [0.15, 0.2) is 48.5 Å². The van der Waals surface area contributed by atoms with E-state index in [9.17, 15) is 13.6 Å². The fourth-order valence-corrected chi connectivity index (χ4v) is 2.90. The second-order valence-corrected chi connectivity index (χ2v) is 6.09. The number of anilines is 2. The molecular formula is C19H22ClF2N3O2. The maximum atomic E-state index is 12.6. The second-order valence-electron chi connectivity index (χ2n) is 6.09. The summed E-state index contributed by atoms with van der Waals surface area (Å²) in [6.45, 7) is -1.10. The summed E-state index contributed by atoms with van der Waals surface area (Å²) in [6.07, 6.45) is 2.00. The van der Waals surface area contributed by atoms with E-state index >= 15 is 0 Å². The summed E-state index contributed by atoms with van der Waals surface area (Å²) in [4.78, 5) is 12.6. The predicted molar refractivity (Wildman–Crippen MR) is 103 cm³/mol. The van der Waals surface area contributed by atoms with Gasteiger partial charge in [-0.1, -0.05) is 12.1 Å². The first-order valence-corrected chi connectivity index (χ1v) is 8.54. The van der Waals surface area contributed by atoms with Gasteiger partial charge in [-0.05, 0) is 55.8 Å². The molecule has 1 unspecified atom stereocenters. The highest BCUT2D eigenvalue weighted by Gasteiger charge is 2.18. The molecule has 1 saturated heterocycles. The Labute approximate surface area is 162 Å². The fourth-order valence-electron chi connectivity index (χ4n) is 2.90. The van der Waals surface area contributed by atoms with Crippen LogP contribution in [-0.2, 0) is 0 Å². The molecule has 2 aromatic carbocycles. The zero-order chi connectivity index (χ0) is 18.4. The van der Waals surface area contributed by atoms with Crippen molar-refractivity contribution in [1.29, 1.82) is 0 Å². The van der Waals surface area contributed by atoms with Gasteiger partial charge in [0.05, 0.1) is 11.3 Å². The number of para-hydroxylation sites is 1. The summed E-state index contributed by atoms with van der Waals surface area (Å²) >= 11 is 0. The van der Waals surface area contributed by atoms with Crippen LogP contribution in [0, 0.1) is 0 Å². The third-order valence-corrected chi connectivity index (χ3v) is 4.16. The normalized spacial score (nSPS) is 16.3. The Kier molecular flexibility index (Phi) is 7.82. The number of halogens is 3. The average molecular weight is 398 g/mol. The van der Waals surface area contributed by atoms with E-state index in [1.54, 1.807) is 30.3 Å². The number of hydrogen-bond acceptors (Lipinski definition) is 4. The molecule has 2 aromatic rings. The van der Waals surface area contributed by atoms with Crippen LogP contribution < -0.4 is 20.7 Å². The quantitative estimate of drug-likeness (QED) is 0.691. The van der Waals surface area contributed by atoms with Crippen LogP contribution in [-0.4, -0.2) is 31.7 Å². The van der Waals surface area contributed by atoms with Crippen LogP contribution >= 0.6 is 12.4 Å². The molecule has 1 aliphatic rings. The van der Waals surface area contributed by atoms with Crippen LogP contribution in [0.4, 0.5) is 20.2 Å². The van der Waals surface area contributed by atoms with Crippen molar-refractivity contribution in [2.24, 2.45) is 0 Å². The van der Waals surface area contributed by atoms with E-state index < -0.39 is 6.61 Å². The molecule has 27 heavy (non-hydrogen) atoms. The average Bonchev–Trinajstić information content (AvgIpc) is 2.64. The third kappa shape index (κ3) is 6.08. The van der Waals surface area contributed by atoms with E-state index in [1.165, 1.54) is 12.1 Å². The van der Waals surface area contributed by atoms with Gasteiger partial charge in [-0.2, -0.15) is 8.78 Å². The highest BCUT2D eigenvalue weighted by Crippen LogP contribution is 2.24. The van der Waals surface area contributed by atoms with E-state index in [2.05, 4.69) is 20.7 Å². The Hall–Kier alpha value is -2.38. The molecule has 0 bridgehead atoms. The number of rotatable bonds is 6. The molecule has 5 nitrogen and oxygen atoms in total. The number of benzene rings is 2. The van der Waals surface area contributed by atoms with Crippen molar-refractivity contribution in [2.75, 3.05) is 18.4 Å². The number of ether oxygens (including phenoxy) is 1. The summed E-state index contributed by atoms with van der Waals surface area (Å²) in [5, 5.41) is 9.47. The molecule has 0 saturated carbocycles. The summed E-state index contributed by atoms with van der Waals surface area (Å²) in [6, 6.07) is 13.5. The Morgan fingerprint density at radius 3 is 2.56 bits per heavy atom. The Morgan fingerprint density at radius 2 is 1.89 bits per heavy atom. The number of amides is 1. The number of alkyl halides is 2. The minimum absolute atomic E-state index is 0. The topological polar surface area (TPSA) is 62.4 Å². The van der Waals surface area contributed by atoms with Gasteiger partial charge in [0, 0.05) is 18.3 Å². The number of nitrogens with one attached hydrogen (secondary N) is 3. The Balaban J connectivity index is 0.00000261. The standard InChI is InChI=1S/C19H21F2N3O2.ClH/c20-19(21)26-15-9-7-13(8-10-15)23-17-6-2-1-5-16(17)18(25)24-14-4-3-11-22-12-14;/h1-2,5-10,14,19,22-23H,3-4,11-12H2,(H,24,25);1H. The minimum atomic E-state index is -2.85. The van der Waals surface area contributed by atoms with Crippen LogP contribution in [0.2, 0.25) is 0 Å². The van der Waals surface area contributed by atoms with Crippen molar-refractivity contribution >= 4 is 29.7 Å². The zero-order valence-electron chi connectivity index (χ0n) is 14.6. The van der Waals surface area contributed by atoms with Gasteiger partial charge < -0.3 is 20.7 Å². The second kappa shape index (κ2) is 10.1. The van der Waals surface area contributed by atoms with Gasteiger partial charge in [-0.25, -0.2) is 0 Å². The van der Waals surface area contributed by atoms with Gasteiger partial charge >= 0.3 is 6.61 Å². The lowest BCUT2D eigenvalue weighted by molar-refractivity contribution is -0.0498. The molecule has 0 spiro atoms. The lowest BCUT2D eigenvalue weighted by Gasteiger charge is -2.24. The van der Waals surface area contributed by atoms with Gasteiger partial charge in [-0.3, -0.25) is 4.79 Å². The molecule has 1 atom stereocenters. The van der Waals surface area contributed by atoms with Gasteiger partial charge in [0.1, 0.15) is 5.75 Å². The molecule has 146 valence electrons. The van der Waals surface area contributed by atoms with E-state index in [0.717, 1.165) is 25.9 Å². The van der Waals surface area contributed by atoms with Gasteiger partial charge in [-0.15, -0.1) is 12.4 Å². The van der Waals surface area contributed by atoms with Crippen molar-refractivity contribution in [3.05, 3.63) is 54.1 Å². The van der Waals surface area contributed by atoms with Gasteiger partial charge in [0.2, 0.25) is 0 Å². The summed E-state index contributed by atoms with van der Waals surface area (Å²) in [5.74, 6) is -0.0548. The van der Waals surface area contributed by atoms with E-state index in [1.807, 2.05) is 6.07 Å². The highest BCUT2D eigenvalue weighted by atomic mass is 35.5. The van der Waals surface area contributed by atoms with Crippen LogP contribution in [0.5, 0.6) is 5.75 Å². The molecule has 3 N–H and O–H groups in total. The Bertz CT molecular complexity index is 738. The van der Waals surface area contributed by atoms with Crippen molar-refractivity contribution in [2.45, 2.75) is 25.5 Å². The minimum Gasteiger partial charge on any atom is -0.435 e. The zero-order valence-corrected chi connectivity index (χ0v) is 15.4. The maximum absolute atomic E-state index is 12.6. The third-order valence-electron chi connectivity index (χ3n) is 4.16. The summed E-state index contributed by atoms with van der Waals surface area (Å²) in [7, 11) is 0. The monoisotopic (exact) mass is 397 g/mol. The molecular weight excluding hydrogens is 376 g/mol. The summed E-state index contributed by atoms with van der Waals surface area (Å²) in [5.41, 5.74) is 1.86. The first kappa shape index (κ1) is 20.9. The van der Waals surface area contributed by atoms with E-state index in [0.29, 0.717) is 16.9 Å². The van der Waals surface area contributed by atoms with Gasteiger partial charge in [0.15, 0.2) is 0 Å². The molecule has 1 aliphatic heterocycles. The lowest BCUT2D eigenvalue weighted by Crippen LogP contribution is -2.45. The number of hydrogen-bond donors (Lipinski definition) is 3. The van der Waals surface area contributed by atoms with Crippen molar-refractivity contribution in [1.82, 2.24) is 10.6 Å². The van der Waals surface area contributed by atoms with Crippen molar-refractivity contribution in [3.8, 4) is 5.75 Å². The number of piperidine rings is 1. The fraction of sp³-hybridized carbons (Fsp3) is 0.316. The Morgan fingerprint density at radius 1 is 1.15 bits per heavy atom. The molecule has 0 radical (unpaired) electrons. The SMILES string of the molecule is Cl.O=C(NC1CCCNC1)c1ccccc1Nc1ccc(OC(F)F)cc1. The van der Waals surface area contributed by atoms with Crippen LogP contribution in [0.25, 0.3) is 0 Å². The van der Waals surface area contributed by atoms with E-state index in [-0.39, 0.29) is 30.1 Å². The maximum Gasteiger partial charge on any atom is 0.387 e. The lowest BCUT2D eigenvalue weighted by atomic mass is 10.1. The van der Waals surface area contributed by atoms with Gasteiger partial charge in [0.25, 0.3) is 5.91 Å².